The van der Waals surface area contributed by atoms with Gasteiger partial charge in [0, 0.05) is 26.1 Å². The zero-order chi connectivity index (χ0) is 13.5. The van der Waals surface area contributed by atoms with Gasteiger partial charge in [-0.05, 0) is 18.2 Å². The van der Waals surface area contributed by atoms with Crippen LogP contribution in [-0.2, 0) is 9.53 Å². The highest BCUT2D eigenvalue weighted by atomic mass is 19.1. The van der Waals surface area contributed by atoms with Gasteiger partial charge in [-0.25, -0.2) is 14.1 Å². The van der Waals surface area contributed by atoms with Gasteiger partial charge < -0.3 is 10.1 Å². The smallest absolute Gasteiger partial charge is 0.329 e. The molecule has 3 rings (SSSR count). The second kappa shape index (κ2) is 4.31. The Kier molecular flexibility index (Phi) is 2.74. The largest absolute Gasteiger partial charge is 0.381 e. The quantitative estimate of drug-likeness (QED) is 0.781. The second-order valence-electron chi connectivity index (χ2n) is 4.75. The predicted octanol–water partition coefficient (Wildman–Crippen LogP) is 1.43. The van der Waals surface area contributed by atoms with E-state index in [1.165, 1.54) is 18.2 Å². The average molecular weight is 264 g/mol. The Balaban J connectivity index is 1.95. The number of ether oxygens (including phenoxy) is 1. The topological polar surface area (TPSA) is 58.6 Å². The number of carbonyl (C=O) groups excluding carboxylic acids is 2. The first-order chi connectivity index (χ1) is 9.12. The lowest BCUT2D eigenvalue weighted by Crippen LogP contribution is -2.51. The highest BCUT2D eigenvalue weighted by Crippen LogP contribution is 2.31. The number of hydrogen-bond acceptors (Lipinski definition) is 3. The standard InChI is InChI=1S/C13H13FN2O3/c14-9-2-1-3-10(8-9)16-11(17)13(15-12(16)18)4-6-19-7-5-13/h1-3,8H,4-7H2,(H,15,18). The van der Waals surface area contributed by atoms with Gasteiger partial charge in [0.1, 0.15) is 11.4 Å². The zero-order valence-corrected chi connectivity index (χ0v) is 10.2. The number of benzene rings is 1. The molecule has 0 aliphatic carbocycles. The number of nitrogens with zero attached hydrogens (tertiary/aromatic N) is 1. The number of amides is 3. The van der Waals surface area contributed by atoms with Crippen molar-refractivity contribution in [3.8, 4) is 0 Å². The van der Waals surface area contributed by atoms with E-state index in [1.807, 2.05) is 0 Å². The van der Waals surface area contributed by atoms with Crippen LogP contribution in [0, 0.1) is 5.82 Å². The minimum atomic E-state index is -0.887. The number of imide groups is 1. The summed E-state index contributed by atoms with van der Waals surface area (Å²) in [6.45, 7) is 0.867. The third-order valence-corrected chi connectivity index (χ3v) is 3.57. The van der Waals surface area contributed by atoms with Crippen molar-refractivity contribution < 1.29 is 18.7 Å². The Bertz CT molecular complexity index is 540. The van der Waals surface area contributed by atoms with E-state index in [0.29, 0.717) is 26.1 Å². The van der Waals surface area contributed by atoms with E-state index < -0.39 is 17.4 Å². The van der Waals surface area contributed by atoms with Crippen LogP contribution in [-0.4, -0.2) is 30.7 Å². The number of rotatable bonds is 1. The van der Waals surface area contributed by atoms with Crippen molar-refractivity contribution >= 4 is 17.6 Å². The Morgan fingerprint density at radius 3 is 2.68 bits per heavy atom. The summed E-state index contributed by atoms with van der Waals surface area (Å²) in [5.74, 6) is -0.808. The van der Waals surface area contributed by atoms with E-state index in [-0.39, 0.29) is 11.6 Å². The maximum atomic E-state index is 13.2. The molecule has 2 aliphatic rings. The van der Waals surface area contributed by atoms with E-state index >= 15 is 0 Å². The second-order valence-corrected chi connectivity index (χ2v) is 4.75. The van der Waals surface area contributed by atoms with Crippen molar-refractivity contribution in [2.45, 2.75) is 18.4 Å². The molecular formula is C13H13FN2O3. The number of halogens is 1. The number of hydrogen-bond donors (Lipinski definition) is 1. The molecule has 2 saturated heterocycles. The third-order valence-electron chi connectivity index (χ3n) is 3.57. The first-order valence-corrected chi connectivity index (χ1v) is 6.12. The molecule has 3 amide bonds. The normalized spacial score (nSPS) is 21.8. The lowest BCUT2D eigenvalue weighted by atomic mass is 9.90. The summed E-state index contributed by atoms with van der Waals surface area (Å²) in [7, 11) is 0. The van der Waals surface area contributed by atoms with Crippen LogP contribution in [0.1, 0.15) is 12.8 Å². The summed E-state index contributed by atoms with van der Waals surface area (Å²) in [4.78, 5) is 25.5. The first-order valence-electron chi connectivity index (χ1n) is 6.12. The van der Waals surface area contributed by atoms with E-state index in [4.69, 9.17) is 4.74 Å². The third kappa shape index (κ3) is 1.88. The van der Waals surface area contributed by atoms with Crippen molar-refractivity contribution in [2.24, 2.45) is 0 Å². The van der Waals surface area contributed by atoms with Gasteiger partial charge in [0.05, 0.1) is 5.69 Å². The van der Waals surface area contributed by atoms with Crippen molar-refractivity contribution in [3.05, 3.63) is 30.1 Å². The summed E-state index contributed by atoms with van der Waals surface area (Å²) in [6, 6.07) is 4.96. The molecule has 0 atom stereocenters. The fourth-order valence-corrected chi connectivity index (χ4v) is 2.53. The van der Waals surface area contributed by atoms with Gasteiger partial charge in [0.15, 0.2) is 0 Å². The fraction of sp³-hybridized carbons (Fsp3) is 0.385. The molecule has 1 aromatic carbocycles. The molecule has 2 aliphatic heterocycles. The SMILES string of the molecule is O=C1NC2(CCOCC2)C(=O)N1c1cccc(F)c1. The molecule has 0 radical (unpaired) electrons. The molecule has 5 nitrogen and oxygen atoms in total. The maximum absolute atomic E-state index is 13.2. The van der Waals surface area contributed by atoms with Crippen molar-refractivity contribution in [1.82, 2.24) is 5.32 Å². The minimum absolute atomic E-state index is 0.255. The van der Waals surface area contributed by atoms with Gasteiger partial charge in [-0.1, -0.05) is 6.07 Å². The molecule has 1 spiro atoms. The monoisotopic (exact) mass is 264 g/mol. The van der Waals surface area contributed by atoms with E-state index in [9.17, 15) is 14.0 Å². The molecule has 2 heterocycles. The molecule has 0 unspecified atom stereocenters. The molecule has 1 aromatic rings. The summed E-state index contributed by atoms with van der Waals surface area (Å²) < 4.78 is 18.4. The first kappa shape index (κ1) is 12.1. The Morgan fingerprint density at radius 1 is 1.26 bits per heavy atom. The van der Waals surface area contributed by atoms with E-state index in [1.54, 1.807) is 6.07 Å². The molecule has 0 bridgehead atoms. The van der Waals surface area contributed by atoms with Crippen molar-refractivity contribution in [3.63, 3.8) is 0 Å². The molecular weight excluding hydrogens is 251 g/mol. The molecule has 0 saturated carbocycles. The molecule has 100 valence electrons. The van der Waals surface area contributed by atoms with Gasteiger partial charge in [-0.2, -0.15) is 0 Å². The average Bonchev–Trinajstić information content (AvgIpc) is 2.62. The summed E-state index contributed by atoms with van der Waals surface area (Å²) in [6.07, 6.45) is 0.896. The van der Waals surface area contributed by atoms with Crippen LogP contribution in [0.2, 0.25) is 0 Å². The van der Waals surface area contributed by atoms with Crippen LogP contribution >= 0.6 is 0 Å². The van der Waals surface area contributed by atoms with Crippen LogP contribution < -0.4 is 10.2 Å². The van der Waals surface area contributed by atoms with E-state index in [0.717, 1.165) is 4.90 Å². The van der Waals surface area contributed by atoms with Gasteiger partial charge >= 0.3 is 6.03 Å². The molecule has 6 heteroatoms. The molecule has 1 N–H and O–H groups in total. The molecule has 2 fully saturated rings. The van der Waals surface area contributed by atoms with Crippen molar-refractivity contribution in [2.75, 3.05) is 18.1 Å². The minimum Gasteiger partial charge on any atom is -0.381 e. The van der Waals surface area contributed by atoms with Gasteiger partial charge in [0.25, 0.3) is 5.91 Å². The van der Waals surface area contributed by atoms with Crippen LogP contribution in [0.5, 0.6) is 0 Å². The van der Waals surface area contributed by atoms with Gasteiger partial charge in [0.2, 0.25) is 0 Å². The van der Waals surface area contributed by atoms with Crippen molar-refractivity contribution in [1.29, 1.82) is 0 Å². The number of anilines is 1. The summed E-state index contributed by atoms with van der Waals surface area (Å²) >= 11 is 0. The van der Waals surface area contributed by atoms with E-state index in [2.05, 4.69) is 5.32 Å². The Labute approximate surface area is 109 Å². The highest BCUT2D eigenvalue weighted by molar-refractivity contribution is 6.23. The number of nitrogens with one attached hydrogen (secondary N) is 1. The summed E-state index contributed by atoms with van der Waals surface area (Å²) in [5, 5.41) is 2.72. The lowest BCUT2D eigenvalue weighted by molar-refractivity contribution is -0.125. The van der Waals surface area contributed by atoms with Crippen LogP contribution in [0.3, 0.4) is 0 Å². The highest BCUT2D eigenvalue weighted by Gasteiger charge is 2.52. The van der Waals surface area contributed by atoms with Crippen LogP contribution in [0.25, 0.3) is 0 Å². The fourth-order valence-electron chi connectivity index (χ4n) is 2.53. The maximum Gasteiger partial charge on any atom is 0.329 e. The summed E-state index contributed by atoms with van der Waals surface area (Å²) in [5.41, 5.74) is -0.632. The number of urea groups is 1. The van der Waals surface area contributed by atoms with Gasteiger partial charge in [-0.15, -0.1) is 0 Å². The predicted molar refractivity (Wildman–Crippen MR) is 65.2 cm³/mol. The van der Waals surface area contributed by atoms with Crippen LogP contribution in [0.15, 0.2) is 24.3 Å². The number of carbonyl (C=O) groups is 2. The zero-order valence-electron chi connectivity index (χ0n) is 10.2. The van der Waals surface area contributed by atoms with Gasteiger partial charge in [-0.3, -0.25) is 4.79 Å². The lowest BCUT2D eigenvalue weighted by Gasteiger charge is -2.30. The van der Waals surface area contributed by atoms with Crippen LogP contribution in [0.4, 0.5) is 14.9 Å². The Morgan fingerprint density at radius 2 is 2.00 bits per heavy atom. The Hall–Kier alpha value is -1.95. The molecule has 19 heavy (non-hydrogen) atoms. The molecule has 0 aromatic heterocycles.